The fraction of sp³-hybridized carbons (Fsp3) is 0.611. The molecule has 0 aromatic heterocycles. The van der Waals surface area contributed by atoms with Gasteiger partial charge in [0.05, 0.1) is 13.0 Å². The van der Waals surface area contributed by atoms with E-state index in [1.54, 1.807) is 23.5 Å². The molecule has 1 aromatic carbocycles. The van der Waals surface area contributed by atoms with Crippen LogP contribution in [0.15, 0.2) is 28.0 Å². The van der Waals surface area contributed by atoms with Crippen LogP contribution in [-0.4, -0.2) is 24.6 Å². The van der Waals surface area contributed by atoms with Gasteiger partial charge >= 0.3 is 5.97 Å². The largest absolute Gasteiger partial charge is 0.465 e. The highest BCUT2D eigenvalue weighted by Crippen LogP contribution is 2.28. The number of rotatable bonds is 11. The highest BCUT2D eigenvalue weighted by molar-refractivity contribution is 14.1. The number of carbonyl (C=O) groups excluding carboxylic acids is 1. The number of esters is 1. The molecule has 1 rings (SSSR count). The van der Waals surface area contributed by atoms with Gasteiger partial charge in [0.25, 0.3) is 0 Å². The SMILES string of the molecule is CCCCC(CC)COC(=O)CCSc1ccc(SC)c(I)c1. The zero-order valence-corrected chi connectivity index (χ0v) is 18.1. The first-order valence-corrected chi connectivity index (χ1v) is 11.5. The van der Waals surface area contributed by atoms with Crippen molar-refractivity contribution >= 4 is 52.1 Å². The van der Waals surface area contributed by atoms with Crippen LogP contribution < -0.4 is 0 Å². The predicted molar refractivity (Wildman–Crippen MR) is 111 cm³/mol. The van der Waals surface area contributed by atoms with Crippen molar-refractivity contribution in [3.05, 3.63) is 21.8 Å². The molecule has 2 nitrogen and oxygen atoms in total. The average molecular weight is 466 g/mol. The molecule has 0 aliphatic carbocycles. The molecule has 0 fully saturated rings. The fourth-order valence-corrected chi connectivity index (χ4v) is 4.89. The number of ether oxygens (including phenoxy) is 1. The molecular weight excluding hydrogens is 439 g/mol. The number of hydrogen-bond donors (Lipinski definition) is 0. The van der Waals surface area contributed by atoms with E-state index < -0.39 is 0 Å². The Morgan fingerprint density at radius 2 is 2.13 bits per heavy atom. The number of carbonyl (C=O) groups is 1. The molecule has 1 aromatic rings. The third-order valence-electron chi connectivity index (χ3n) is 3.72. The standard InChI is InChI=1S/C18H27IO2S2/c1-4-6-7-14(5-2)13-21-18(20)10-11-23-15-8-9-17(22-3)16(19)12-15/h8-9,12,14H,4-7,10-11,13H2,1-3H3. The third-order valence-corrected chi connectivity index (χ3v) is 6.77. The Kier molecular flexibility index (Phi) is 11.5. The number of halogens is 1. The molecule has 0 spiro atoms. The van der Waals surface area contributed by atoms with Gasteiger partial charge in [-0.25, -0.2) is 0 Å². The minimum Gasteiger partial charge on any atom is -0.465 e. The molecule has 0 heterocycles. The van der Waals surface area contributed by atoms with Gasteiger partial charge in [0.2, 0.25) is 0 Å². The van der Waals surface area contributed by atoms with E-state index in [2.05, 4.69) is 60.9 Å². The first kappa shape index (κ1) is 21.2. The number of unbranched alkanes of at least 4 members (excludes halogenated alkanes) is 1. The van der Waals surface area contributed by atoms with Crippen LogP contribution in [0.1, 0.15) is 46.0 Å². The first-order valence-electron chi connectivity index (χ1n) is 8.22. The molecule has 0 saturated carbocycles. The lowest BCUT2D eigenvalue weighted by Gasteiger charge is -2.14. The smallest absolute Gasteiger partial charge is 0.306 e. The van der Waals surface area contributed by atoms with Gasteiger partial charge in [-0.15, -0.1) is 23.5 Å². The van der Waals surface area contributed by atoms with Gasteiger partial charge in [0, 0.05) is 19.1 Å². The maximum absolute atomic E-state index is 11.9. The lowest BCUT2D eigenvalue weighted by molar-refractivity contribution is -0.144. The van der Waals surface area contributed by atoms with E-state index >= 15 is 0 Å². The van der Waals surface area contributed by atoms with E-state index in [0.717, 1.165) is 18.6 Å². The van der Waals surface area contributed by atoms with Crippen molar-refractivity contribution in [2.45, 2.75) is 55.7 Å². The Morgan fingerprint density at radius 1 is 1.35 bits per heavy atom. The number of benzene rings is 1. The van der Waals surface area contributed by atoms with Gasteiger partial charge in [0.15, 0.2) is 0 Å². The Bertz CT molecular complexity index is 480. The van der Waals surface area contributed by atoms with Gasteiger partial charge in [-0.2, -0.15) is 0 Å². The summed E-state index contributed by atoms with van der Waals surface area (Å²) in [7, 11) is 0. The van der Waals surface area contributed by atoms with E-state index in [1.165, 1.54) is 26.2 Å². The van der Waals surface area contributed by atoms with Gasteiger partial charge < -0.3 is 4.74 Å². The summed E-state index contributed by atoms with van der Waals surface area (Å²) in [5.74, 6) is 1.23. The van der Waals surface area contributed by atoms with Gasteiger partial charge in [0.1, 0.15) is 0 Å². The lowest BCUT2D eigenvalue weighted by Crippen LogP contribution is -2.14. The topological polar surface area (TPSA) is 26.3 Å². The Hall–Kier alpha value is 0.120. The second-order valence-electron chi connectivity index (χ2n) is 5.49. The second kappa shape index (κ2) is 12.5. The van der Waals surface area contributed by atoms with E-state index in [0.29, 0.717) is 18.9 Å². The Balaban J connectivity index is 2.27. The van der Waals surface area contributed by atoms with E-state index in [-0.39, 0.29) is 5.97 Å². The van der Waals surface area contributed by atoms with Crippen LogP contribution in [0.4, 0.5) is 0 Å². The average Bonchev–Trinajstić information content (AvgIpc) is 2.55. The lowest BCUT2D eigenvalue weighted by atomic mass is 10.0. The maximum atomic E-state index is 11.9. The molecule has 0 saturated heterocycles. The monoisotopic (exact) mass is 466 g/mol. The van der Waals surface area contributed by atoms with Crippen molar-refractivity contribution in [1.82, 2.24) is 0 Å². The predicted octanol–water partition coefficient (Wildman–Crippen LogP) is 6.25. The summed E-state index contributed by atoms with van der Waals surface area (Å²) in [6, 6.07) is 6.45. The summed E-state index contributed by atoms with van der Waals surface area (Å²) in [6.07, 6.45) is 7.24. The summed E-state index contributed by atoms with van der Waals surface area (Å²) >= 11 is 5.84. The summed E-state index contributed by atoms with van der Waals surface area (Å²) in [5, 5.41) is 0. The van der Waals surface area contributed by atoms with Crippen LogP contribution in [0, 0.1) is 9.49 Å². The molecule has 1 unspecified atom stereocenters. The zero-order chi connectivity index (χ0) is 17.1. The van der Waals surface area contributed by atoms with Crippen LogP contribution in [0.25, 0.3) is 0 Å². The highest BCUT2D eigenvalue weighted by atomic mass is 127. The fourth-order valence-electron chi connectivity index (χ4n) is 2.17. The molecule has 23 heavy (non-hydrogen) atoms. The van der Waals surface area contributed by atoms with Crippen molar-refractivity contribution < 1.29 is 9.53 Å². The molecule has 0 amide bonds. The maximum Gasteiger partial charge on any atom is 0.306 e. The number of hydrogen-bond acceptors (Lipinski definition) is 4. The normalized spacial score (nSPS) is 12.2. The summed E-state index contributed by atoms with van der Waals surface area (Å²) in [4.78, 5) is 14.4. The van der Waals surface area contributed by atoms with Crippen molar-refractivity contribution in [2.24, 2.45) is 5.92 Å². The van der Waals surface area contributed by atoms with E-state index in [9.17, 15) is 4.79 Å². The van der Waals surface area contributed by atoms with Crippen molar-refractivity contribution in [1.29, 1.82) is 0 Å². The minimum atomic E-state index is -0.0668. The molecule has 0 N–H and O–H groups in total. The molecule has 5 heteroatoms. The number of thioether (sulfide) groups is 2. The third kappa shape index (κ3) is 8.68. The highest BCUT2D eigenvalue weighted by Gasteiger charge is 2.10. The molecule has 0 aliphatic heterocycles. The minimum absolute atomic E-state index is 0.0668. The molecular formula is C18H27IO2S2. The molecule has 0 radical (unpaired) electrons. The van der Waals surface area contributed by atoms with Crippen LogP contribution >= 0.6 is 46.1 Å². The summed E-state index contributed by atoms with van der Waals surface area (Å²) in [5.41, 5.74) is 0. The summed E-state index contributed by atoms with van der Waals surface area (Å²) < 4.78 is 6.70. The molecule has 130 valence electrons. The van der Waals surface area contributed by atoms with Crippen LogP contribution in [-0.2, 0) is 9.53 Å². The van der Waals surface area contributed by atoms with E-state index in [4.69, 9.17) is 4.74 Å². The van der Waals surface area contributed by atoms with Crippen LogP contribution in [0.5, 0.6) is 0 Å². The van der Waals surface area contributed by atoms with Crippen molar-refractivity contribution in [3.63, 3.8) is 0 Å². The van der Waals surface area contributed by atoms with Crippen molar-refractivity contribution in [2.75, 3.05) is 18.6 Å². The van der Waals surface area contributed by atoms with Gasteiger partial charge in [-0.1, -0.05) is 33.1 Å². The molecule has 0 aliphatic rings. The summed E-state index contributed by atoms with van der Waals surface area (Å²) in [6.45, 7) is 4.95. The quantitative estimate of drug-likeness (QED) is 0.219. The molecule has 0 bridgehead atoms. The van der Waals surface area contributed by atoms with E-state index in [1.807, 2.05) is 0 Å². The second-order valence-corrected chi connectivity index (χ2v) is 8.67. The zero-order valence-electron chi connectivity index (χ0n) is 14.3. The van der Waals surface area contributed by atoms with Crippen LogP contribution in [0.3, 0.4) is 0 Å². The van der Waals surface area contributed by atoms with Gasteiger partial charge in [-0.05, 0) is 59.4 Å². The Labute approximate surface area is 163 Å². The first-order chi connectivity index (χ1) is 11.1. The Morgan fingerprint density at radius 3 is 2.74 bits per heavy atom. The van der Waals surface area contributed by atoms with Crippen molar-refractivity contribution in [3.8, 4) is 0 Å². The molecule has 1 atom stereocenters. The van der Waals surface area contributed by atoms with Crippen LogP contribution in [0.2, 0.25) is 0 Å². The van der Waals surface area contributed by atoms with Gasteiger partial charge in [-0.3, -0.25) is 4.79 Å².